The number of nitrogens with one attached hydrogen (secondary N) is 1. The molecular weight excluding hydrogens is 308 g/mol. The molecule has 5 heteroatoms. The van der Waals surface area contributed by atoms with Crippen LogP contribution in [0.5, 0.6) is 0 Å². The Morgan fingerprint density at radius 3 is 2.91 bits per heavy atom. The average molecular weight is 326 g/mol. The number of hydrogen-bond acceptors (Lipinski definition) is 3. The summed E-state index contributed by atoms with van der Waals surface area (Å²) in [7, 11) is 0. The minimum atomic E-state index is -0.361. The van der Waals surface area contributed by atoms with Gasteiger partial charge in [-0.1, -0.05) is 19.1 Å². The molecule has 1 unspecified atom stereocenters. The number of rotatable bonds is 1. The van der Waals surface area contributed by atoms with Crippen molar-refractivity contribution in [3.05, 3.63) is 61.1 Å². The summed E-state index contributed by atoms with van der Waals surface area (Å²) < 4.78 is 1.26. The van der Waals surface area contributed by atoms with Gasteiger partial charge in [0, 0.05) is 4.88 Å². The minimum Gasteiger partial charge on any atom is -0.298 e. The van der Waals surface area contributed by atoms with Crippen molar-refractivity contribution in [2.45, 2.75) is 33.1 Å². The van der Waals surface area contributed by atoms with Gasteiger partial charge in [-0.05, 0) is 55.4 Å². The van der Waals surface area contributed by atoms with Crippen LogP contribution in [-0.4, -0.2) is 9.55 Å². The molecule has 0 spiro atoms. The fourth-order valence-corrected chi connectivity index (χ4v) is 4.82. The zero-order chi connectivity index (χ0) is 16.1. The lowest BCUT2D eigenvalue weighted by Crippen LogP contribution is -2.33. The van der Waals surface area contributed by atoms with Crippen LogP contribution in [0.3, 0.4) is 0 Å². The first-order valence-corrected chi connectivity index (χ1v) is 8.73. The number of H-pyrrole nitrogens is 1. The smallest absolute Gasteiger partial charge is 0.298 e. The summed E-state index contributed by atoms with van der Waals surface area (Å²) in [5.41, 5.74) is 2.24. The Kier molecular flexibility index (Phi) is 3.27. The maximum atomic E-state index is 13.0. The van der Waals surface area contributed by atoms with E-state index in [0.29, 0.717) is 17.0 Å². The molecule has 4 rings (SSSR count). The van der Waals surface area contributed by atoms with Crippen LogP contribution in [-0.2, 0) is 12.8 Å². The molecule has 1 aliphatic carbocycles. The molecule has 2 heterocycles. The van der Waals surface area contributed by atoms with Crippen LogP contribution in [0.25, 0.3) is 15.9 Å². The van der Waals surface area contributed by atoms with E-state index in [4.69, 9.17) is 0 Å². The van der Waals surface area contributed by atoms with E-state index in [-0.39, 0.29) is 11.2 Å². The highest BCUT2D eigenvalue weighted by Crippen LogP contribution is 2.35. The number of thiophene rings is 1. The van der Waals surface area contributed by atoms with Gasteiger partial charge in [-0.25, -0.2) is 9.36 Å². The lowest BCUT2D eigenvalue weighted by molar-refractivity contribution is 0.509. The normalized spacial score (nSPS) is 17.4. The van der Waals surface area contributed by atoms with Gasteiger partial charge < -0.3 is 0 Å². The van der Waals surface area contributed by atoms with Crippen LogP contribution < -0.4 is 11.2 Å². The number of benzene rings is 1. The molecule has 2 aromatic heterocycles. The Morgan fingerprint density at radius 1 is 1.30 bits per heavy atom. The first-order valence-electron chi connectivity index (χ1n) is 7.91. The highest BCUT2D eigenvalue weighted by molar-refractivity contribution is 7.18. The number of nitrogens with zero attached hydrogens (tertiary/aromatic N) is 1. The van der Waals surface area contributed by atoms with Gasteiger partial charge in [0.1, 0.15) is 4.83 Å². The van der Waals surface area contributed by atoms with Crippen molar-refractivity contribution in [3.8, 4) is 5.69 Å². The molecule has 1 aliphatic rings. The van der Waals surface area contributed by atoms with Crippen molar-refractivity contribution >= 4 is 21.6 Å². The Labute approximate surface area is 137 Å². The van der Waals surface area contributed by atoms with Gasteiger partial charge in [0.05, 0.1) is 11.1 Å². The number of aromatic nitrogens is 2. The zero-order valence-corrected chi connectivity index (χ0v) is 14.0. The number of aromatic amines is 1. The maximum absolute atomic E-state index is 13.0. The topological polar surface area (TPSA) is 54.9 Å². The summed E-state index contributed by atoms with van der Waals surface area (Å²) in [6, 6.07) is 7.49. The molecule has 118 valence electrons. The van der Waals surface area contributed by atoms with E-state index in [1.807, 2.05) is 25.1 Å². The summed E-state index contributed by atoms with van der Waals surface area (Å²) in [6.45, 7) is 4.19. The Hall–Kier alpha value is -2.14. The standard InChI is InChI=1S/C18H18N2O2S/c1-10-4-3-5-12(8-10)20-17(21)15-13-7-6-11(2)9-14(13)23-16(15)19-18(20)22/h3-5,8,11H,6-7,9H2,1-2H3,(H,19,22). The van der Waals surface area contributed by atoms with Gasteiger partial charge in [0.15, 0.2) is 0 Å². The van der Waals surface area contributed by atoms with E-state index in [1.54, 1.807) is 17.4 Å². The second-order valence-corrected chi connectivity index (χ2v) is 7.57. The Morgan fingerprint density at radius 2 is 2.13 bits per heavy atom. The van der Waals surface area contributed by atoms with Crippen LogP contribution in [0.2, 0.25) is 0 Å². The molecule has 23 heavy (non-hydrogen) atoms. The largest absolute Gasteiger partial charge is 0.334 e. The van der Waals surface area contributed by atoms with Crippen molar-refractivity contribution in [1.82, 2.24) is 9.55 Å². The fraction of sp³-hybridized carbons (Fsp3) is 0.333. The fourth-order valence-electron chi connectivity index (χ4n) is 3.42. The molecule has 1 atom stereocenters. The lowest BCUT2D eigenvalue weighted by atomic mass is 9.89. The zero-order valence-electron chi connectivity index (χ0n) is 13.2. The average Bonchev–Trinajstić information content (AvgIpc) is 2.84. The molecule has 0 aliphatic heterocycles. The predicted molar refractivity (Wildman–Crippen MR) is 94.0 cm³/mol. The molecule has 0 bridgehead atoms. The SMILES string of the molecule is Cc1cccc(-n2c(=O)[nH]c3sc4c(c3c2=O)CCC(C)C4)c1. The minimum absolute atomic E-state index is 0.193. The second kappa shape index (κ2) is 5.20. The molecule has 0 fully saturated rings. The predicted octanol–water partition coefficient (Wildman–Crippen LogP) is 3.17. The van der Waals surface area contributed by atoms with E-state index < -0.39 is 0 Å². The monoisotopic (exact) mass is 326 g/mol. The highest BCUT2D eigenvalue weighted by Gasteiger charge is 2.23. The van der Waals surface area contributed by atoms with Crippen molar-refractivity contribution < 1.29 is 0 Å². The quantitative estimate of drug-likeness (QED) is 0.747. The number of hydrogen-bond donors (Lipinski definition) is 1. The van der Waals surface area contributed by atoms with Crippen molar-refractivity contribution in [2.75, 3.05) is 0 Å². The van der Waals surface area contributed by atoms with Crippen LogP contribution in [0.15, 0.2) is 33.9 Å². The molecule has 1 N–H and O–H groups in total. The third-order valence-electron chi connectivity index (χ3n) is 4.61. The van der Waals surface area contributed by atoms with Gasteiger partial charge in [-0.3, -0.25) is 9.78 Å². The molecule has 3 aromatic rings. The third kappa shape index (κ3) is 2.27. The Balaban J connectivity index is 2.04. The first kappa shape index (κ1) is 14.5. The summed E-state index contributed by atoms with van der Waals surface area (Å²) in [6.07, 6.45) is 3.02. The van der Waals surface area contributed by atoms with Crippen molar-refractivity contribution in [3.63, 3.8) is 0 Å². The molecule has 0 radical (unpaired) electrons. The molecule has 0 saturated carbocycles. The Bertz CT molecular complexity index is 1030. The third-order valence-corrected chi connectivity index (χ3v) is 5.78. The van der Waals surface area contributed by atoms with Gasteiger partial charge in [-0.2, -0.15) is 0 Å². The molecule has 4 nitrogen and oxygen atoms in total. The van der Waals surface area contributed by atoms with Crippen LogP contribution in [0, 0.1) is 12.8 Å². The summed E-state index contributed by atoms with van der Waals surface area (Å²) in [5.74, 6) is 0.640. The van der Waals surface area contributed by atoms with E-state index in [1.165, 1.54) is 9.44 Å². The van der Waals surface area contributed by atoms with E-state index in [2.05, 4.69) is 11.9 Å². The summed E-state index contributed by atoms with van der Waals surface area (Å²) in [4.78, 5) is 30.4. The highest BCUT2D eigenvalue weighted by atomic mass is 32.1. The van der Waals surface area contributed by atoms with Crippen LogP contribution in [0.4, 0.5) is 0 Å². The van der Waals surface area contributed by atoms with E-state index >= 15 is 0 Å². The second-order valence-electron chi connectivity index (χ2n) is 6.47. The van der Waals surface area contributed by atoms with Crippen LogP contribution >= 0.6 is 11.3 Å². The van der Waals surface area contributed by atoms with E-state index in [0.717, 1.165) is 35.2 Å². The summed E-state index contributed by atoms with van der Waals surface area (Å²) in [5, 5.41) is 0.706. The van der Waals surface area contributed by atoms with Crippen molar-refractivity contribution in [2.24, 2.45) is 5.92 Å². The van der Waals surface area contributed by atoms with Gasteiger partial charge >= 0.3 is 5.69 Å². The molecule has 1 aromatic carbocycles. The van der Waals surface area contributed by atoms with Crippen LogP contribution in [0.1, 0.15) is 29.3 Å². The van der Waals surface area contributed by atoms with Gasteiger partial charge in [0.25, 0.3) is 5.56 Å². The number of fused-ring (bicyclic) bond motifs is 3. The molecular formula is C18H18N2O2S. The first-order chi connectivity index (χ1) is 11.0. The van der Waals surface area contributed by atoms with Gasteiger partial charge in [-0.15, -0.1) is 11.3 Å². The van der Waals surface area contributed by atoms with Gasteiger partial charge in [0.2, 0.25) is 0 Å². The molecule has 0 saturated heterocycles. The lowest BCUT2D eigenvalue weighted by Gasteiger charge is -2.17. The van der Waals surface area contributed by atoms with Crippen molar-refractivity contribution in [1.29, 1.82) is 0 Å². The van der Waals surface area contributed by atoms with E-state index in [9.17, 15) is 9.59 Å². The number of aryl methyl sites for hydroxylation is 2. The molecule has 0 amide bonds. The summed E-state index contributed by atoms with van der Waals surface area (Å²) >= 11 is 1.57. The maximum Gasteiger partial charge on any atom is 0.334 e.